The van der Waals surface area contributed by atoms with E-state index >= 15 is 0 Å². The van der Waals surface area contributed by atoms with Crippen LogP contribution in [0.3, 0.4) is 0 Å². The number of nitrogens with zero attached hydrogens (tertiary/aromatic N) is 3. The van der Waals surface area contributed by atoms with Gasteiger partial charge < -0.3 is 4.90 Å². The topological polar surface area (TPSA) is 60.9 Å². The number of amides is 4. The van der Waals surface area contributed by atoms with Crippen LogP contribution in [0.1, 0.15) is 12.5 Å². The molecule has 0 bridgehead atoms. The lowest BCUT2D eigenvalue weighted by molar-refractivity contribution is -0.136. The molecule has 0 N–H and O–H groups in total. The summed E-state index contributed by atoms with van der Waals surface area (Å²) < 4.78 is 13.4. The molecule has 7 heteroatoms. The largest absolute Gasteiger partial charge is 0.337 e. The molecule has 1 aliphatic heterocycles. The summed E-state index contributed by atoms with van der Waals surface area (Å²) in [6, 6.07) is 14.3. The van der Waals surface area contributed by atoms with Crippen molar-refractivity contribution in [2.24, 2.45) is 0 Å². The molecule has 4 amide bonds. The maximum absolute atomic E-state index is 13.4. The van der Waals surface area contributed by atoms with E-state index < -0.39 is 11.9 Å². The van der Waals surface area contributed by atoms with Crippen molar-refractivity contribution in [1.82, 2.24) is 9.80 Å². The molecule has 27 heavy (non-hydrogen) atoms. The quantitative estimate of drug-likeness (QED) is 0.736. The lowest BCUT2D eigenvalue weighted by Crippen LogP contribution is -2.43. The van der Waals surface area contributed by atoms with Gasteiger partial charge in [0.2, 0.25) is 5.91 Å². The monoisotopic (exact) mass is 369 g/mol. The summed E-state index contributed by atoms with van der Waals surface area (Å²) in [7, 11) is 0. The van der Waals surface area contributed by atoms with Gasteiger partial charge in [-0.05, 0) is 36.8 Å². The Labute approximate surface area is 156 Å². The molecule has 0 aromatic heterocycles. The lowest BCUT2D eigenvalue weighted by Gasteiger charge is -2.24. The molecule has 0 aliphatic carbocycles. The van der Waals surface area contributed by atoms with Gasteiger partial charge in [0, 0.05) is 18.8 Å². The van der Waals surface area contributed by atoms with Crippen LogP contribution >= 0.6 is 0 Å². The van der Waals surface area contributed by atoms with Gasteiger partial charge in [0.15, 0.2) is 0 Å². The Hall–Kier alpha value is -3.22. The van der Waals surface area contributed by atoms with Gasteiger partial charge in [-0.1, -0.05) is 30.3 Å². The van der Waals surface area contributed by atoms with Crippen LogP contribution in [0.2, 0.25) is 0 Å². The van der Waals surface area contributed by atoms with E-state index in [0.717, 1.165) is 4.90 Å². The summed E-state index contributed by atoms with van der Waals surface area (Å²) in [5.74, 6) is -1.16. The van der Waals surface area contributed by atoms with Crippen LogP contribution in [-0.4, -0.2) is 47.3 Å². The van der Waals surface area contributed by atoms with Gasteiger partial charge in [-0.25, -0.2) is 9.18 Å². The van der Waals surface area contributed by atoms with Crippen LogP contribution in [0.4, 0.5) is 14.9 Å². The number of anilines is 1. The Kier molecular flexibility index (Phi) is 5.49. The van der Waals surface area contributed by atoms with Crippen molar-refractivity contribution in [3.63, 3.8) is 0 Å². The smallest absolute Gasteiger partial charge is 0.332 e. The standard InChI is InChI=1S/C20H20FN3O3/c1-2-22(12-15-7-6-8-16(21)11-15)18(25)13-24-19(26)14-23(20(24)27)17-9-4-3-5-10-17/h3-11H,2,12-14H2,1H3. The van der Waals surface area contributed by atoms with Crippen LogP contribution < -0.4 is 4.90 Å². The van der Waals surface area contributed by atoms with Crippen LogP contribution in [-0.2, 0) is 16.1 Å². The molecule has 1 heterocycles. The van der Waals surface area contributed by atoms with E-state index in [1.165, 1.54) is 21.9 Å². The first-order valence-corrected chi connectivity index (χ1v) is 8.68. The van der Waals surface area contributed by atoms with Gasteiger partial charge in [-0.3, -0.25) is 19.4 Å². The van der Waals surface area contributed by atoms with Crippen molar-refractivity contribution < 1.29 is 18.8 Å². The molecule has 3 rings (SSSR count). The summed E-state index contributed by atoms with van der Waals surface area (Å²) in [6.45, 7) is 1.97. The summed E-state index contributed by atoms with van der Waals surface area (Å²) in [5.41, 5.74) is 1.26. The number of halogens is 1. The Morgan fingerprint density at radius 2 is 1.85 bits per heavy atom. The molecule has 0 spiro atoms. The highest BCUT2D eigenvalue weighted by Gasteiger charge is 2.38. The molecular weight excluding hydrogens is 349 g/mol. The Morgan fingerprint density at radius 1 is 1.11 bits per heavy atom. The highest BCUT2D eigenvalue weighted by molar-refractivity contribution is 6.13. The highest BCUT2D eigenvalue weighted by atomic mass is 19.1. The molecule has 1 aliphatic rings. The van der Waals surface area contributed by atoms with Gasteiger partial charge in [-0.2, -0.15) is 0 Å². The van der Waals surface area contributed by atoms with E-state index in [-0.39, 0.29) is 31.4 Å². The second-order valence-electron chi connectivity index (χ2n) is 6.22. The fourth-order valence-electron chi connectivity index (χ4n) is 2.97. The number of benzene rings is 2. The molecule has 1 saturated heterocycles. The van der Waals surface area contributed by atoms with Gasteiger partial charge >= 0.3 is 6.03 Å². The second-order valence-corrected chi connectivity index (χ2v) is 6.22. The van der Waals surface area contributed by atoms with Gasteiger partial charge in [0.1, 0.15) is 18.9 Å². The molecule has 6 nitrogen and oxygen atoms in total. The van der Waals surface area contributed by atoms with E-state index in [4.69, 9.17) is 0 Å². The SMILES string of the molecule is CCN(Cc1cccc(F)c1)C(=O)CN1C(=O)CN(c2ccccc2)C1=O. The lowest BCUT2D eigenvalue weighted by atomic mass is 10.2. The van der Waals surface area contributed by atoms with Crippen LogP contribution in [0.25, 0.3) is 0 Å². The highest BCUT2D eigenvalue weighted by Crippen LogP contribution is 2.20. The van der Waals surface area contributed by atoms with Crippen molar-refractivity contribution in [2.45, 2.75) is 13.5 Å². The van der Waals surface area contributed by atoms with E-state index in [0.29, 0.717) is 17.8 Å². The van der Waals surface area contributed by atoms with Crippen molar-refractivity contribution in [3.8, 4) is 0 Å². The number of rotatable bonds is 6. The fourth-order valence-corrected chi connectivity index (χ4v) is 2.97. The van der Waals surface area contributed by atoms with E-state index in [1.54, 1.807) is 43.3 Å². The zero-order chi connectivity index (χ0) is 19.4. The van der Waals surface area contributed by atoms with Crippen molar-refractivity contribution in [3.05, 3.63) is 66.0 Å². The first-order valence-electron chi connectivity index (χ1n) is 8.68. The predicted molar refractivity (Wildman–Crippen MR) is 98.4 cm³/mol. The molecule has 2 aromatic rings. The average molecular weight is 369 g/mol. The molecule has 0 atom stereocenters. The van der Waals surface area contributed by atoms with E-state index in [9.17, 15) is 18.8 Å². The number of urea groups is 1. The third kappa shape index (κ3) is 4.13. The third-order valence-electron chi connectivity index (χ3n) is 4.41. The molecule has 2 aromatic carbocycles. The first-order chi connectivity index (χ1) is 13.0. The minimum Gasteiger partial charge on any atom is -0.337 e. The molecule has 1 fully saturated rings. The van der Waals surface area contributed by atoms with Gasteiger partial charge in [-0.15, -0.1) is 0 Å². The normalized spacial score (nSPS) is 14.0. The van der Waals surface area contributed by atoms with Crippen molar-refractivity contribution in [2.75, 3.05) is 24.5 Å². The molecular formula is C20H20FN3O3. The number of imide groups is 1. The molecule has 0 saturated carbocycles. The summed E-state index contributed by atoms with van der Waals surface area (Å²) in [6.07, 6.45) is 0. The number of hydrogen-bond acceptors (Lipinski definition) is 3. The maximum Gasteiger partial charge on any atom is 0.332 e. The number of carbonyl (C=O) groups is 3. The predicted octanol–water partition coefficient (Wildman–Crippen LogP) is 2.64. The van der Waals surface area contributed by atoms with Crippen LogP contribution in [0.15, 0.2) is 54.6 Å². The van der Waals surface area contributed by atoms with Gasteiger partial charge in [0.25, 0.3) is 5.91 Å². The molecule has 140 valence electrons. The Morgan fingerprint density at radius 3 is 2.52 bits per heavy atom. The minimum absolute atomic E-state index is 0.0911. The zero-order valence-corrected chi connectivity index (χ0v) is 15.0. The first kappa shape index (κ1) is 18.6. The fraction of sp³-hybridized carbons (Fsp3) is 0.250. The minimum atomic E-state index is -0.513. The average Bonchev–Trinajstić information content (AvgIpc) is 2.95. The van der Waals surface area contributed by atoms with E-state index in [1.807, 2.05) is 6.07 Å². The summed E-state index contributed by atoms with van der Waals surface area (Å²) >= 11 is 0. The third-order valence-corrected chi connectivity index (χ3v) is 4.41. The van der Waals surface area contributed by atoms with E-state index in [2.05, 4.69) is 0 Å². The number of likely N-dealkylation sites (N-methyl/N-ethyl adjacent to an activating group) is 1. The molecule has 0 unspecified atom stereocenters. The zero-order valence-electron chi connectivity index (χ0n) is 15.0. The maximum atomic E-state index is 13.4. The number of para-hydroxylation sites is 1. The Balaban J connectivity index is 1.68. The van der Waals surface area contributed by atoms with Crippen molar-refractivity contribution in [1.29, 1.82) is 0 Å². The van der Waals surface area contributed by atoms with Gasteiger partial charge in [0.05, 0.1) is 0 Å². The number of hydrogen-bond donors (Lipinski definition) is 0. The number of carbonyl (C=O) groups excluding carboxylic acids is 3. The van der Waals surface area contributed by atoms with Crippen LogP contribution in [0.5, 0.6) is 0 Å². The molecule has 0 radical (unpaired) electrons. The van der Waals surface area contributed by atoms with Crippen molar-refractivity contribution >= 4 is 23.5 Å². The second kappa shape index (κ2) is 7.99. The summed E-state index contributed by atoms with van der Waals surface area (Å²) in [4.78, 5) is 41.3. The Bertz CT molecular complexity index is 857. The van der Waals surface area contributed by atoms with Crippen LogP contribution in [0, 0.1) is 5.82 Å². The summed E-state index contributed by atoms with van der Waals surface area (Å²) in [5, 5.41) is 0.